The van der Waals surface area contributed by atoms with Gasteiger partial charge < -0.3 is 9.97 Å². The summed E-state index contributed by atoms with van der Waals surface area (Å²) in [4.78, 5) is 35.9. The lowest BCUT2D eigenvalue weighted by Crippen LogP contribution is -2.32. The van der Waals surface area contributed by atoms with Gasteiger partial charge in [0.15, 0.2) is 0 Å². The van der Waals surface area contributed by atoms with E-state index in [9.17, 15) is 15.3 Å². The summed E-state index contributed by atoms with van der Waals surface area (Å²) in [7, 11) is 0. The van der Waals surface area contributed by atoms with Gasteiger partial charge in [0, 0.05) is 6.20 Å². The number of pyridine rings is 1. The highest BCUT2D eigenvalue weighted by Crippen LogP contribution is 2.32. The number of aromatic amines is 2. The van der Waals surface area contributed by atoms with Crippen LogP contribution in [0.15, 0.2) is 59.7 Å². The van der Waals surface area contributed by atoms with E-state index in [1.807, 2.05) is 27.3 Å². The van der Waals surface area contributed by atoms with Gasteiger partial charge in [-0.1, -0.05) is 27.7 Å². The molecule has 0 fully saturated rings. The molecule has 2 atom stereocenters. The molecule has 2 unspecified atom stereocenters. The van der Waals surface area contributed by atoms with Gasteiger partial charge in [0.05, 0.1) is 74.6 Å². The van der Waals surface area contributed by atoms with Gasteiger partial charge in [-0.05, 0) is 80.0 Å². The van der Waals surface area contributed by atoms with E-state index in [2.05, 4.69) is 54.8 Å². The molecule has 6 aromatic rings. The quantitative estimate of drug-likeness (QED) is 0.182. The van der Waals surface area contributed by atoms with Crippen molar-refractivity contribution >= 4 is 33.1 Å². The second-order valence-electron chi connectivity index (χ2n) is 12.3. The van der Waals surface area contributed by atoms with Crippen molar-refractivity contribution < 1.29 is 0 Å². The molecule has 6 rings (SSSR count). The molecule has 2 N–H and O–H groups in total. The predicted molar refractivity (Wildman–Crippen MR) is 170 cm³/mol. The van der Waals surface area contributed by atoms with Crippen LogP contribution in [-0.2, 0) is 0 Å². The third-order valence-corrected chi connectivity index (χ3v) is 8.26. The van der Waals surface area contributed by atoms with Crippen molar-refractivity contribution in [2.75, 3.05) is 0 Å². The fourth-order valence-corrected chi connectivity index (χ4v) is 5.96. The average Bonchev–Trinajstić information content (AvgIpc) is 3.71. The smallest absolute Gasteiger partial charge is 0.330 e. The fourth-order valence-electron chi connectivity index (χ4n) is 5.96. The molecule has 4 heterocycles. The van der Waals surface area contributed by atoms with E-state index in [0.717, 1.165) is 34.9 Å². The van der Waals surface area contributed by atoms with Gasteiger partial charge in [-0.2, -0.15) is 10.5 Å². The third-order valence-electron chi connectivity index (χ3n) is 8.26. The van der Waals surface area contributed by atoms with Gasteiger partial charge in [0.25, 0.3) is 0 Å². The van der Waals surface area contributed by atoms with Crippen molar-refractivity contribution in [2.24, 2.45) is 11.8 Å². The van der Waals surface area contributed by atoms with Crippen LogP contribution in [-0.4, -0.2) is 34.1 Å². The summed E-state index contributed by atoms with van der Waals surface area (Å²) in [5.74, 6) is 2.19. The highest BCUT2D eigenvalue weighted by Gasteiger charge is 2.30. The van der Waals surface area contributed by atoms with Crippen molar-refractivity contribution in [1.82, 2.24) is 34.1 Å². The minimum atomic E-state index is -0.379. The predicted octanol–water partition coefficient (Wildman–Crippen LogP) is 6.75. The first kappa shape index (κ1) is 28.9. The molecule has 4 aromatic heterocycles. The van der Waals surface area contributed by atoms with Gasteiger partial charge in [-0.3, -0.25) is 14.1 Å². The highest BCUT2D eigenvalue weighted by molar-refractivity contribution is 5.79. The Labute approximate surface area is 255 Å². The Hall–Kier alpha value is -5.22. The summed E-state index contributed by atoms with van der Waals surface area (Å²) in [6, 6.07) is 16.3. The normalized spacial score (nSPS) is 13.2. The first-order valence-corrected chi connectivity index (χ1v) is 15.1. The molecule has 0 aliphatic heterocycles. The van der Waals surface area contributed by atoms with Crippen molar-refractivity contribution in [3.05, 3.63) is 88.1 Å². The number of aromatic nitrogens is 7. The van der Waals surface area contributed by atoms with Gasteiger partial charge >= 0.3 is 5.69 Å². The van der Waals surface area contributed by atoms with E-state index in [4.69, 9.17) is 9.97 Å². The zero-order chi connectivity index (χ0) is 31.0. The van der Waals surface area contributed by atoms with Crippen LogP contribution in [0.5, 0.6) is 0 Å². The zero-order valence-corrected chi connectivity index (χ0v) is 25.4. The standard InChI is InChI=1S/C34H35N9O/c1-20(2)5-11-29(32-38-24-9-7-22(17-35)15-26(24)40-32)42-28-13-14-37-19-31(28)43(34(42)44)30(12-6-21(3)4)33-39-25-10-8-23(18-36)16-27(25)41-33/h7-10,13-16,19-21,29-30H,5-6,11-12H2,1-4H3,(H,38,40)(H,39,41). The summed E-state index contributed by atoms with van der Waals surface area (Å²) < 4.78 is 3.67. The molecule has 222 valence electrons. The van der Waals surface area contributed by atoms with Crippen molar-refractivity contribution in [3.8, 4) is 12.1 Å². The Morgan fingerprint density at radius 1 is 0.727 bits per heavy atom. The zero-order valence-electron chi connectivity index (χ0n) is 25.4. The summed E-state index contributed by atoms with van der Waals surface area (Å²) in [5, 5.41) is 18.9. The maximum atomic E-state index is 14.8. The molecule has 0 saturated heterocycles. The molecule has 0 saturated carbocycles. The molecular formula is C34H35N9O. The molecule has 0 radical (unpaired) electrons. The van der Waals surface area contributed by atoms with E-state index >= 15 is 0 Å². The lowest BCUT2D eigenvalue weighted by Gasteiger charge is -2.19. The number of H-pyrrole nitrogens is 2. The summed E-state index contributed by atoms with van der Waals surface area (Å²) in [6.07, 6.45) is 6.62. The van der Waals surface area contributed by atoms with E-state index in [1.54, 1.807) is 36.7 Å². The van der Waals surface area contributed by atoms with E-state index in [1.165, 1.54) is 0 Å². The molecule has 2 aromatic carbocycles. The van der Waals surface area contributed by atoms with Gasteiger partial charge in [0.1, 0.15) is 11.6 Å². The first-order chi connectivity index (χ1) is 21.3. The van der Waals surface area contributed by atoms with Crippen LogP contribution in [0, 0.1) is 34.5 Å². The van der Waals surface area contributed by atoms with Crippen LogP contribution < -0.4 is 5.69 Å². The first-order valence-electron chi connectivity index (χ1n) is 15.1. The van der Waals surface area contributed by atoms with Crippen LogP contribution in [0.2, 0.25) is 0 Å². The van der Waals surface area contributed by atoms with Crippen LogP contribution in [0.1, 0.15) is 88.2 Å². The second kappa shape index (κ2) is 11.8. The number of hydrogen-bond donors (Lipinski definition) is 2. The molecule has 44 heavy (non-hydrogen) atoms. The molecular weight excluding hydrogens is 550 g/mol. The Balaban J connectivity index is 1.56. The van der Waals surface area contributed by atoms with Crippen LogP contribution in [0.3, 0.4) is 0 Å². The highest BCUT2D eigenvalue weighted by atomic mass is 16.2. The summed E-state index contributed by atoms with van der Waals surface area (Å²) in [6.45, 7) is 8.69. The van der Waals surface area contributed by atoms with Crippen LogP contribution in [0.4, 0.5) is 0 Å². The Morgan fingerprint density at radius 2 is 1.23 bits per heavy atom. The number of hydrogen-bond acceptors (Lipinski definition) is 6. The SMILES string of the molecule is CC(C)CCC(c1nc2cc(C#N)ccc2[nH]1)n1c(=O)n(C(CCC(C)C)c2nc3cc(C#N)ccc3[nH]2)c2cnccc21. The molecule has 0 aliphatic rings. The average molecular weight is 586 g/mol. The Bertz CT molecular complexity index is 1960. The molecule has 0 amide bonds. The third kappa shape index (κ3) is 5.35. The minimum Gasteiger partial charge on any atom is -0.340 e. The van der Waals surface area contributed by atoms with Crippen molar-refractivity contribution in [3.63, 3.8) is 0 Å². The topological polar surface area (TPSA) is 145 Å². The van der Waals surface area contributed by atoms with Crippen molar-refractivity contribution in [2.45, 2.75) is 65.5 Å². The molecule has 0 aliphatic carbocycles. The Kier molecular flexibility index (Phi) is 7.75. The van der Waals surface area contributed by atoms with Crippen LogP contribution in [0.25, 0.3) is 33.1 Å². The molecule has 10 nitrogen and oxygen atoms in total. The van der Waals surface area contributed by atoms with Gasteiger partial charge in [-0.15, -0.1) is 0 Å². The van der Waals surface area contributed by atoms with Gasteiger partial charge in [0.2, 0.25) is 0 Å². The van der Waals surface area contributed by atoms with Gasteiger partial charge in [-0.25, -0.2) is 14.8 Å². The Morgan fingerprint density at radius 3 is 1.70 bits per heavy atom. The minimum absolute atomic E-state index is 0.160. The van der Waals surface area contributed by atoms with Crippen LogP contribution >= 0.6 is 0 Å². The lowest BCUT2D eigenvalue weighted by atomic mass is 10.0. The molecule has 0 spiro atoms. The number of fused-ring (bicyclic) bond motifs is 3. The van der Waals surface area contributed by atoms with E-state index < -0.39 is 0 Å². The monoisotopic (exact) mass is 585 g/mol. The number of imidazole rings is 3. The van der Waals surface area contributed by atoms with Crippen molar-refractivity contribution in [1.29, 1.82) is 10.5 Å². The number of nitrogens with one attached hydrogen (secondary N) is 2. The maximum Gasteiger partial charge on any atom is 0.330 e. The molecule has 0 bridgehead atoms. The number of nitriles is 2. The largest absolute Gasteiger partial charge is 0.340 e. The lowest BCUT2D eigenvalue weighted by molar-refractivity contribution is 0.418. The number of benzene rings is 2. The molecule has 10 heteroatoms. The maximum absolute atomic E-state index is 14.8. The summed E-state index contributed by atoms with van der Waals surface area (Å²) in [5.41, 5.74) is 5.43. The summed E-state index contributed by atoms with van der Waals surface area (Å²) >= 11 is 0. The van der Waals surface area contributed by atoms with E-state index in [0.29, 0.717) is 58.5 Å². The fraction of sp³-hybridized carbons (Fsp3) is 0.353. The second-order valence-corrected chi connectivity index (χ2v) is 12.3. The number of rotatable bonds is 10. The van der Waals surface area contributed by atoms with E-state index in [-0.39, 0.29) is 17.8 Å². The number of nitrogens with zero attached hydrogens (tertiary/aromatic N) is 7.